The first-order valence-corrected chi connectivity index (χ1v) is 5.15. The molecule has 1 aromatic carbocycles. The van der Waals surface area contributed by atoms with E-state index in [-0.39, 0.29) is 13.0 Å². The molecule has 92 valence electrons. The van der Waals surface area contributed by atoms with E-state index in [0.29, 0.717) is 29.8 Å². The standard InChI is InChI=1S/C12H14O5/c1-16-12-9(8-13)4-2-5-10(12)17-7-3-6-11(14)15/h2,4-5,8H,3,6-7H2,1H3,(H,14,15). The summed E-state index contributed by atoms with van der Waals surface area (Å²) >= 11 is 0. The van der Waals surface area contributed by atoms with E-state index in [4.69, 9.17) is 14.6 Å². The Morgan fingerprint density at radius 3 is 2.82 bits per heavy atom. The second kappa shape index (κ2) is 6.52. The number of aldehydes is 1. The van der Waals surface area contributed by atoms with Gasteiger partial charge in [0.2, 0.25) is 0 Å². The lowest BCUT2D eigenvalue weighted by atomic mass is 10.2. The van der Waals surface area contributed by atoms with Crippen LogP contribution >= 0.6 is 0 Å². The molecule has 5 nitrogen and oxygen atoms in total. The van der Waals surface area contributed by atoms with Crippen molar-refractivity contribution >= 4 is 12.3 Å². The largest absolute Gasteiger partial charge is 0.492 e. The van der Waals surface area contributed by atoms with E-state index in [9.17, 15) is 9.59 Å². The Labute approximate surface area is 99.0 Å². The minimum atomic E-state index is -0.859. The van der Waals surface area contributed by atoms with Crippen LogP contribution in [0.15, 0.2) is 18.2 Å². The lowest BCUT2D eigenvalue weighted by Gasteiger charge is -2.11. The number of carboxylic acid groups (broad SMARTS) is 1. The number of carbonyl (C=O) groups excluding carboxylic acids is 1. The second-order valence-electron chi connectivity index (χ2n) is 3.34. The van der Waals surface area contributed by atoms with Crippen molar-refractivity contribution in [3.05, 3.63) is 23.8 Å². The average molecular weight is 238 g/mol. The van der Waals surface area contributed by atoms with Gasteiger partial charge in [0.05, 0.1) is 19.3 Å². The molecule has 0 saturated heterocycles. The normalized spacial score (nSPS) is 9.71. The topological polar surface area (TPSA) is 72.8 Å². The number of hydrogen-bond acceptors (Lipinski definition) is 4. The first-order chi connectivity index (χ1) is 8.19. The molecule has 0 aliphatic rings. The fourth-order valence-corrected chi connectivity index (χ4v) is 1.36. The number of hydrogen-bond donors (Lipinski definition) is 1. The molecule has 0 saturated carbocycles. The predicted molar refractivity (Wildman–Crippen MR) is 60.7 cm³/mol. The van der Waals surface area contributed by atoms with Crippen LogP contribution in [0.25, 0.3) is 0 Å². The highest BCUT2D eigenvalue weighted by Crippen LogP contribution is 2.29. The van der Waals surface area contributed by atoms with E-state index in [1.807, 2.05) is 0 Å². The third-order valence-corrected chi connectivity index (χ3v) is 2.13. The molecule has 0 fully saturated rings. The van der Waals surface area contributed by atoms with Crippen LogP contribution in [0.4, 0.5) is 0 Å². The summed E-state index contributed by atoms with van der Waals surface area (Å²) < 4.78 is 10.4. The highest BCUT2D eigenvalue weighted by atomic mass is 16.5. The highest BCUT2D eigenvalue weighted by molar-refractivity contribution is 5.81. The van der Waals surface area contributed by atoms with Crippen LogP contribution in [-0.4, -0.2) is 31.1 Å². The molecule has 0 heterocycles. The Morgan fingerprint density at radius 2 is 2.24 bits per heavy atom. The second-order valence-corrected chi connectivity index (χ2v) is 3.34. The van der Waals surface area contributed by atoms with E-state index in [1.165, 1.54) is 7.11 Å². The van der Waals surface area contributed by atoms with E-state index in [2.05, 4.69) is 0 Å². The molecule has 1 aromatic rings. The maximum atomic E-state index is 10.7. The average Bonchev–Trinajstić information content (AvgIpc) is 2.33. The van der Waals surface area contributed by atoms with Gasteiger partial charge in [-0.2, -0.15) is 0 Å². The van der Waals surface area contributed by atoms with Gasteiger partial charge in [-0.25, -0.2) is 0 Å². The summed E-state index contributed by atoms with van der Waals surface area (Å²) in [5.41, 5.74) is 0.406. The first-order valence-electron chi connectivity index (χ1n) is 5.15. The monoisotopic (exact) mass is 238 g/mol. The van der Waals surface area contributed by atoms with Gasteiger partial charge in [0.25, 0.3) is 0 Å². The molecule has 0 aromatic heterocycles. The Bertz CT molecular complexity index is 400. The summed E-state index contributed by atoms with van der Waals surface area (Å²) in [7, 11) is 1.45. The van der Waals surface area contributed by atoms with Crippen molar-refractivity contribution in [1.29, 1.82) is 0 Å². The molecule has 1 rings (SSSR count). The molecule has 0 unspecified atom stereocenters. The Kier molecular flexibility index (Phi) is 5.00. The maximum Gasteiger partial charge on any atom is 0.303 e. The van der Waals surface area contributed by atoms with E-state index < -0.39 is 5.97 Å². The molecule has 0 bridgehead atoms. The zero-order valence-electron chi connectivity index (χ0n) is 9.51. The molecule has 0 radical (unpaired) electrons. The molecule has 0 amide bonds. The van der Waals surface area contributed by atoms with E-state index in [0.717, 1.165) is 0 Å². The van der Waals surface area contributed by atoms with Gasteiger partial charge in [0.1, 0.15) is 0 Å². The van der Waals surface area contributed by atoms with Gasteiger partial charge in [0, 0.05) is 6.42 Å². The molecule has 0 spiro atoms. The molecular formula is C12H14O5. The van der Waals surface area contributed by atoms with Crippen molar-refractivity contribution in [1.82, 2.24) is 0 Å². The van der Waals surface area contributed by atoms with Gasteiger partial charge < -0.3 is 14.6 Å². The van der Waals surface area contributed by atoms with Crippen molar-refractivity contribution in [2.75, 3.05) is 13.7 Å². The summed E-state index contributed by atoms with van der Waals surface area (Å²) in [6.45, 7) is 0.269. The zero-order valence-corrected chi connectivity index (χ0v) is 9.51. The number of ether oxygens (including phenoxy) is 2. The van der Waals surface area contributed by atoms with Crippen molar-refractivity contribution in [3.63, 3.8) is 0 Å². The van der Waals surface area contributed by atoms with Crippen LogP contribution in [0.2, 0.25) is 0 Å². The smallest absolute Gasteiger partial charge is 0.303 e. The summed E-state index contributed by atoms with van der Waals surface area (Å²) in [4.78, 5) is 21.1. The third kappa shape index (κ3) is 3.79. The fraction of sp³-hybridized carbons (Fsp3) is 0.333. The van der Waals surface area contributed by atoms with Crippen molar-refractivity contribution in [2.24, 2.45) is 0 Å². The van der Waals surface area contributed by atoms with Gasteiger partial charge in [-0.1, -0.05) is 6.07 Å². The van der Waals surface area contributed by atoms with Crippen molar-refractivity contribution < 1.29 is 24.2 Å². The summed E-state index contributed by atoms with van der Waals surface area (Å²) in [6, 6.07) is 4.97. The summed E-state index contributed by atoms with van der Waals surface area (Å²) in [6.07, 6.45) is 1.14. The molecule has 0 aliphatic heterocycles. The minimum absolute atomic E-state index is 0.0513. The molecule has 17 heavy (non-hydrogen) atoms. The van der Waals surface area contributed by atoms with Gasteiger partial charge in [-0.15, -0.1) is 0 Å². The molecule has 0 atom stereocenters. The summed E-state index contributed by atoms with van der Waals surface area (Å²) in [5, 5.41) is 8.47. The van der Waals surface area contributed by atoms with Crippen LogP contribution in [0.3, 0.4) is 0 Å². The number of aliphatic carboxylic acids is 1. The number of benzene rings is 1. The maximum absolute atomic E-state index is 10.7. The minimum Gasteiger partial charge on any atom is -0.492 e. The Morgan fingerprint density at radius 1 is 1.47 bits per heavy atom. The lowest BCUT2D eigenvalue weighted by Crippen LogP contribution is -2.03. The number of para-hydroxylation sites is 1. The Balaban J connectivity index is 2.64. The van der Waals surface area contributed by atoms with Crippen LogP contribution in [0.5, 0.6) is 11.5 Å². The lowest BCUT2D eigenvalue weighted by molar-refractivity contribution is -0.137. The van der Waals surface area contributed by atoms with Gasteiger partial charge in [-0.05, 0) is 18.6 Å². The quantitative estimate of drug-likeness (QED) is 0.578. The number of rotatable bonds is 7. The molecule has 5 heteroatoms. The van der Waals surface area contributed by atoms with Crippen molar-refractivity contribution in [3.8, 4) is 11.5 Å². The fourth-order valence-electron chi connectivity index (χ4n) is 1.36. The van der Waals surface area contributed by atoms with Gasteiger partial charge >= 0.3 is 5.97 Å². The molecular weight excluding hydrogens is 224 g/mol. The van der Waals surface area contributed by atoms with Crippen LogP contribution < -0.4 is 9.47 Å². The SMILES string of the molecule is COc1c(C=O)cccc1OCCCC(=O)O. The first kappa shape index (κ1) is 13.0. The predicted octanol–water partition coefficient (Wildman–Crippen LogP) is 1.75. The number of carboxylic acids is 1. The molecule has 1 N–H and O–H groups in total. The number of methoxy groups -OCH3 is 1. The Hall–Kier alpha value is -2.04. The van der Waals surface area contributed by atoms with E-state index >= 15 is 0 Å². The third-order valence-electron chi connectivity index (χ3n) is 2.13. The highest BCUT2D eigenvalue weighted by Gasteiger charge is 2.09. The van der Waals surface area contributed by atoms with Gasteiger partial charge in [0.15, 0.2) is 17.8 Å². The van der Waals surface area contributed by atoms with Crippen LogP contribution in [-0.2, 0) is 4.79 Å². The van der Waals surface area contributed by atoms with Crippen LogP contribution in [0.1, 0.15) is 23.2 Å². The molecule has 0 aliphatic carbocycles. The van der Waals surface area contributed by atoms with Crippen LogP contribution in [0, 0.1) is 0 Å². The van der Waals surface area contributed by atoms with Crippen molar-refractivity contribution in [2.45, 2.75) is 12.8 Å². The van der Waals surface area contributed by atoms with E-state index in [1.54, 1.807) is 18.2 Å². The number of carbonyl (C=O) groups is 2. The zero-order chi connectivity index (χ0) is 12.7. The summed E-state index contributed by atoms with van der Waals surface area (Å²) in [5.74, 6) is -0.0393. The van der Waals surface area contributed by atoms with Gasteiger partial charge in [-0.3, -0.25) is 9.59 Å².